The molecule has 13 heavy (non-hydrogen) atoms. The van der Waals surface area contributed by atoms with Crippen molar-refractivity contribution in [3.63, 3.8) is 0 Å². The van der Waals surface area contributed by atoms with Crippen molar-refractivity contribution in [1.29, 1.82) is 0 Å². The lowest BCUT2D eigenvalue weighted by Gasteiger charge is -2.37. The Morgan fingerprint density at radius 3 is 2.23 bits per heavy atom. The summed E-state index contributed by atoms with van der Waals surface area (Å²) in [6, 6.07) is 0. The molecule has 5 heteroatoms. The van der Waals surface area contributed by atoms with Crippen molar-refractivity contribution >= 4 is 5.97 Å². The van der Waals surface area contributed by atoms with E-state index in [2.05, 4.69) is 10.0 Å². The first kappa shape index (κ1) is 10.4. The molecule has 1 saturated heterocycles. The third-order valence-corrected chi connectivity index (χ3v) is 2.27. The molecule has 0 aliphatic carbocycles. The summed E-state index contributed by atoms with van der Waals surface area (Å²) in [5, 5.41) is 12.8. The lowest BCUT2D eigenvalue weighted by Crippen LogP contribution is -2.52. The number of rotatable bonds is 3. The van der Waals surface area contributed by atoms with Gasteiger partial charge in [-0.3, -0.25) is 9.69 Å². The van der Waals surface area contributed by atoms with Crippen LogP contribution in [-0.4, -0.2) is 72.8 Å². The third-order valence-electron chi connectivity index (χ3n) is 2.27. The van der Waals surface area contributed by atoms with Crippen molar-refractivity contribution in [3.05, 3.63) is 0 Å². The van der Waals surface area contributed by atoms with Gasteiger partial charge in [-0.05, 0) is 0 Å². The highest BCUT2D eigenvalue weighted by Gasteiger charge is 2.19. The van der Waals surface area contributed by atoms with Gasteiger partial charge in [0, 0.05) is 40.3 Å². The van der Waals surface area contributed by atoms with Crippen LogP contribution >= 0.6 is 0 Å². The number of piperazine rings is 1. The van der Waals surface area contributed by atoms with Crippen LogP contribution in [0.4, 0.5) is 0 Å². The van der Waals surface area contributed by atoms with E-state index in [0.717, 1.165) is 26.2 Å². The van der Waals surface area contributed by atoms with Crippen LogP contribution in [0.1, 0.15) is 0 Å². The van der Waals surface area contributed by atoms with Gasteiger partial charge in [0.1, 0.15) is 0 Å². The van der Waals surface area contributed by atoms with Crippen LogP contribution in [0.5, 0.6) is 0 Å². The first-order chi connectivity index (χ1) is 6.09. The number of hydrogen-bond donors (Lipinski definition) is 1. The Morgan fingerprint density at radius 2 is 1.85 bits per heavy atom. The molecule has 1 N–H and O–H groups in total. The molecule has 1 rings (SSSR count). The SMILES string of the molecule is CN(C)N1CCN(CC(=O)O)CC1. The predicted octanol–water partition coefficient (Wildman–Crippen LogP) is -0.835. The molecule has 0 aromatic heterocycles. The topological polar surface area (TPSA) is 47.0 Å². The van der Waals surface area contributed by atoms with Crippen LogP contribution in [0.3, 0.4) is 0 Å². The molecular weight excluding hydrogens is 170 g/mol. The van der Waals surface area contributed by atoms with Gasteiger partial charge in [-0.15, -0.1) is 0 Å². The van der Waals surface area contributed by atoms with E-state index in [4.69, 9.17) is 5.11 Å². The minimum Gasteiger partial charge on any atom is -0.480 e. The number of carbonyl (C=O) groups is 1. The molecular formula is C8H17N3O2. The lowest BCUT2D eigenvalue weighted by molar-refractivity contribution is -0.139. The number of hydrogen-bond acceptors (Lipinski definition) is 4. The average molecular weight is 187 g/mol. The highest BCUT2D eigenvalue weighted by Crippen LogP contribution is 2.01. The Kier molecular flexibility index (Phi) is 3.65. The van der Waals surface area contributed by atoms with Gasteiger partial charge in [0.25, 0.3) is 0 Å². The van der Waals surface area contributed by atoms with Gasteiger partial charge in [0.15, 0.2) is 0 Å². The molecule has 1 fully saturated rings. The summed E-state index contributed by atoms with van der Waals surface area (Å²) in [5.74, 6) is -0.738. The maximum absolute atomic E-state index is 10.4. The van der Waals surface area contributed by atoms with Gasteiger partial charge in [0.2, 0.25) is 0 Å². The second-order valence-electron chi connectivity index (χ2n) is 3.47. The van der Waals surface area contributed by atoms with Crippen molar-refractivity contribution in [1.82, 2.24) is 14.9 Å². The van der Waals surface area contributed by atoms with Crippen LogP contribution in [0.15, 0.2) is 0 Å². The summed E-state index contributed by atoms with van der Waals surface area (Å²) in [6.45, 7) is 3.68. The molecule has 1 aliphatic rings. The summed E-state index contributed by atoms with van der Waals surface area (Å²) < 4.78 is 0. The van der Waals surface area contributed by atoms with E-state index in [1.165, 1.54) is 0 Å². The predicted molar refractivity (Wildman–Crippen MR) is 49.3 cm³/mol. The zero-order valence-corrected chi connectivity index (χ0v) is 8.23. The van der Waals surface area contributed by atoms with Gasteiger partial charge in [-0.2, -0.15) is 0 Å². The van der Waals surface area contributed by atoms with E-state index in [0.29, 0.717) is 0 Å². The number of carboxylic acid groups (broad SMARTS) is 1. The molecule has 0 aromatic carbocycles. The van der Waals surface area contributed by atoms with Gasteiger partial charge in [0.05, 0.1) is 6.54 Å². The first-order valence-corrected chi connectivity index (χ1v) is 4.46. The zero-order valence-electron chi connectivity index (χ0n) is 8.23. The van der Waals surface area contributed by atoms with Crippen molar-refractivity contribution in [2.75, 3.05) is 46.8 Å². The molecule has 5 nitrogen and oxygen atoms in total. The van der Waals surface area contributed by atoms with E-state index in [9.17, 15) is 4.79 Å². The average Bonchev–Trinajstić information content (AvgIpc) is 2.04. The van der Waals surface area contributed by atoms with Crippen molar-refractivity contribution in [3.8, 4) is 0 Å². The van der Waals surface area contributed by atoms with Crippen molar-refractivity contribution in [2.45, 2.75) is 0 Å². The molecule has 1 heterocycles. The number of nitrogens with zero attached hydrogens (tertiary/aromatic N) is 3. The highest BCUT2D eigenvalue weighted by molar-refractivity contribution is 5.69. The second-order valence-corrected chi connectivity index (χ2v) is 3.47. The largest absolute Gasteiger partial charge is 0.480 e. The van der Waals surface area contributed by atoms with Crippen LogP contribution in [0, 0.1) is 0 Å². The Labute approximate surface area is 78.5 Å². The van der Waals surface area contributed by atoms with E-state index >= 15 is 0 Å². The van der Waals surface area contributed by atoms with Crippen molar-refractivity contribution < 1.29 is 9.90 Å². The summed E-state index contributed by atoms with van der Waals surface area (Å²) in [6.07, 6.45) is 0. The molecule has 0 spiro atoms. The summed E-state index contributed by atoms with van der Waals surface area (Å²) in [4.78, 5) is 12.4. The minimum absolute atomic E-state index is 0.168. The molecule has 0 bridgehead atoms. The fourth-order valence-corrected chi connectivity index (χ4v) is 1.49. The normalized spacial score (nSPS) is 20.8. The molecule has 0 saturated carbocycles. The first-order valence-electron chi connectivity index (χ1n) is 4.46. The smallest absolute Gasteiger partial charge is 0.317 e. The molecule has 0 amide bonds. The van der Waals surface area contributed by atoms with Crippen molar-refractivity contribution in [2.24, 2.45) is 0 Å². The molecule has 0 aromatic rings. The second kappa shape index (κ2) is 4.55. The number of hydrazine groups is 1. The van der Waals surface area contributed by atoms with E-state index in [-0.39, 0.29) is 6.54 Å². The summed E-state index contributed by atoms with van der Waals surface area (Å²) >= 11 is 0. The quantitative estimate of drug-likeness (QED) is 0.624. The van der Waals surface area contributed by atoms with Crippen LogP contribution in [-0.2, 0) is 4.79 Å². The summed E-state index contributed by atoms with van der Waals surface area (Å²) in [7, 11) is 4.01. The fourth-order valence-electron chi connectivity index (χ4n) is 1.49. The maximum atomic E-state index is 10.4. The lowest BCUT2D eigenvalue weighted by atomic mass is 10.3. The molecule has 1 aliphatic heterocycles. The van der Waals surface area contributed by atoms with Crippen LogP contribution in [0.25, 0.3) is 0 Å². The van der Waals surface area contributed by atoms with E-state index < -0.39 is 5.97 Å². The standard InChI is InChI=1S/C8H17N3O2/c1-9(2)11-5-3-10(4-6-11)7-8(12)13/h3-7H2,1-2H3,(H,12,13). The Balaban J connectivity index is 2.26. The third kappa shape index (κ3) is 3.30. The fraction of sp³-hybridized carbons (Fsp3) is 0.875. The molecule has 0 radical (unpaired) electrons. The molecule has 0 unspecified atom stereocenters. The zero-order chi connectivity index (χ0) is 9.84. The summed E-state index contributed by atoms with van der Waals surface area (Å²) in [5.41, 5.74) is 0. The Hall–Kier alpha value is -0.650. The van der Waals surface area contributed by atoms with E-state index in [1.807, 2.05) is 19.0 Å². The van der Waals surface area contributed by atoms with Gasteiger partial charge in [-0.1, -0.05) is 0 Å². The Morgan fingerprint density at radius 1 is 1.31 bits per heavy atom. The maximum Gasteiger partial charge on any atom is 0.317 e. The van der Waals surface area contributed by atoms with Gasteiger partial charge in [-0.25, -0.2) is 10.0 Å². The van der Waals surface area contributed by atoms with Gasteiger partial charge < -0.3 is 5.11 Å². The van der Waals surface area contributed by atoms with E-state index in [1.54, 1.807) is 0 Å². The highest BCUT2D eigenvalue weighted by atomic mass is 16.4. The Bertz CT molecular complexity index is 176. The molecule has 76 valence electrons. The minimum atomic E-state index is -0.738. The van der Waals surface area contributed by atoms with Crippen LogP contribution < -0.4 is 0 Å². The van der Waals surface area contributed by atoms with Gasteiger partial charge >= 0.3 is 5.97 Å². The number of aliphatic carboxylic acids is 1. The molecule has 0 atom stereocenters. The number of carboxylic acids is 1. The monoisotopic (exact) mass is 187 g/mol. The van der Waals surface area contributed by atoms with Crippen LogP contribution in [0.2, 0.25) is 0 Å².